The number of rotatable bonds is 3. The number of carboxylic acid groups (broad SMARTS) is 1. The van der Waals surface area contributed by atoms with Gasteiger partial charge in [0.25, 0.3) is 0 Å². The van der Waals surface area contributed by atoms with Crippen molar-refractivity contribution in [3.05, 3.63) is 57.8 Å². The molecule has 0 spiro atoms. The predicted molar refractivity (Wildman–Crippen MR) is 69.9 cm³/mol. The smallest absolute Gasteiger partial charge is 0.339 e. The highest BCUT2D eigenvalue weighted by Crippen LogP contribution is 2.31. The van der Waals surface area contributed by atoms with E-state index in [0.717, 1.165) is 12.1 Å². The SMILES string of the molecule is O=C(O)c1cc(F)ccc1Oc1ccc(Cl)c(Cl)c1. The molecule has 0 amide bonds. The molecule has 0 aliphatic rings. The Morgan fingerprint density at radius 3 is 2.47 bits per heavy atom. The minimum Gasteiger partial charge on any atom is -0.478 e. The second kappa shape index (κ2) is 5.47. The first-order chi connectivity index (χ1) is 8.97. The zero-order valence-electron chi connectivity index (χ0n) is 9.36. The predicted octanol–water partition coefficient (Wildman–Crippen LogP) is 4.62. The zero-order chi connectivity index (χ0) is 14.0. The van der Waals surface area contributed by atoms with Crippen LogP contribution >= 0.6 is 23.2 Å². The summed E-state index contributed by atoms with van der Waals surface area (Å²) in [5.41, 5.74) is -0.272. The number of carbonyl (C=O) groups is 1. The van der Waals surface area contributed by atoms with Crippen LogP contribution in [0.2, 0.25) is 10.0 Å². The van der Waals surface area contributed by atoms with E-state index in [-0.39, 0.29) is 16.3 Å². The third-order valence-electron chi connectivity index (χ3n) is 2.29. The molecule has 2 aromatic rings. The fourth-order valence-electron chi connectivity index (χ4n) is 1.43. The highest BCUT2D eigenvalue weighted by molar-refractivity contribution is 6.42. The Labute approximate surface area is 118 Å². The van der Waals surface area contributed by atoms with E-state index < -0.39 is 11.8 Å². The van der Waals surface area contributed by atoms with Crippen molar-refractivity contribution in [3.8, 4) is 11.5 Å². The molecule has 0 atom stereocenters. The molecule has 0 saturated heterocycles. The summed E-state index contributed by atoms with van der Waals surface area (Å²) in [5.74, 6) is -1.61. The Bertz CT molecular complexity index is 644. The van der Waals surface area contributed by atoms with Gasteiger partial charge in [-0.2, -0.15) is 0 Å². The monoisotopic (exact) mass is 300 g/mol. The molecular weight excluding hydrogens is 294 g/mol. The van der Waals surface area contributed by atoms with E-state index in [1.807, 2.05) is 0 Å². The summed E-state index contributed by atoms with van der Waals surface area (Å²) in [6, 6.07) is 7.72. The second-order valence-electron chi connectivity index (χ2n) is 3.62. The maximum absolute atomic E-state index is 13.0. The van der Waals surface area contributed by atoms with Crippen LogP contribution in [0.3, 0.4) is 0 Å². The minimum atomic E-state index is -1.28. The van der Waals surface area contributed by atoms with Crippen molar-refractivity contribution in [3.63, 3.8) is 0 Å². The van der Waals surface area contributed by atoms with Gasteiger partial charge in [0, 0.05) is 6.07 Å². The molecule has 1 N–H and O–H groups in total. The number of hydrogen-bond acceptors (Lipinski definition) is 2. The third kappa shape index (κ3) is 3.16. The average Bonchev–Trinajstić information content (AvgIpc) is 2.36. The molecule has 0 saturated carbocycles. The van der Waals surface area contributed by atoms with Gasteiger partial charge >= 0.3 is 5.97 Å². The molecule has 2 rings (SSSR count). The number of carboxylic acids is 1. The lowest BCUT2D eigenvalue weighted by molar-refractivity contribution is 0.0693. The zero-order valence-corrected chi connectivity index (χ0v) is 10.9. The Balaban J connectivity index is 2.37. The Morgan fingerprint density at radius 1 is 1.11 bits per heavy atom. The topological polar surface area (TPSA) is 46.5 Å². The highest BCUT2D eigenvalue weighted by atomic mass is 35.5. The lowest BCUT2D eigenvalue weighted by Gasteiger charge is -2.09. The summed E-state index contributed by atoms with van der Waals surface area (Å²) in [4.78, 5) is 11.0. The lowest BCUT2D eigenvalue weighted by Crippen LogP contribution is -2.00. The van der Waals surface area contributed by atoms with Gasteiger partial charge in [0.2, 0.25) is 0 Å². The van der Waals surface area contributed by atoms with E-state index in [1.165, 1.54) is 24.3 Å². The van der Waals surface area contributed by atoms with Gasteiger partial charge in [0.1, 0.15) is 22.9 Å². The van der Waals surface area contributed by atoms with Gasteiger partial charge in [-0.05, 0) is 30.3 Å². The number of halogens is 3. The van der Waals surface area contributed by atoms with Crippen LogP contribution in [-0.4, -0.2) is 11.1 Å². The van der Waals surface area contributed by atoms with E-state index in [1.54, 1.807) is 0 Å². The van der Waals surface area contributed by atoms with Gasteiger partial charge in [0.15, 0.2) is 0 Å². The summed E-state index contributed by atoms with van der Waals surface area (Å²) in [7, 11) is 0. The van der Waals surface area contributed by atoms with Crippen molar-refractivity contribution in [2.24, 2.45) is 0 Å². The Kier molecular flexibility index (Phi) is 3.93. The second-order valence-corrected chi connectivity index (χ2v) is 4.44. The first-order valence-electron chi connectivity index (χ1n) is 5.13. The van der Waals surface area contributed by atoms with Crippen LogP contribution in [0.25, 0.3) is 0 Å². The molecule has 0 radical (unpaired) electrons. The maximum Gasteiger partial charge on any atom is 0.339 e. The highest BCUT2D eigenvalue weighted by Gasteiger charge is 2.13. The van der Waals surface area contributed by atoms with E-state index in [4.69, 9.17) is 33.0 Å². The van der Waals surface area contributed by atoms with Crippen LogP contribution in [0.5, 0.6) is 11.5 Å². The van der Waals surface area contributed by atoms with Crippen LogP contribution in [0.1, 0.15) is 10.4 Å². The van der Waals surface area contributed by atoms with Crippen molar-refractivity contribution >= 4 is 29.2 Å². The summed E-state index contributed by atoms with van der Waals surface area (Å²) >= 11 is 11.6. The lowest BCUT2D eigenvalue weighted by atomic mass is 10.2. The first-order valence-corrected chi connectivity index (χ1v) is 5.88. The molecule has 0 aliphatic heterocycles. The molecule has 0 aliphatic carbocycles. The molecule has 98 valence electrons. The van der Waals surface area contributed by atoms with Crippen molar-refractivity contribution in [2.45, 2.75) is 0 Å². The van der Waals surface area contributed by atoms with Gasteiger partial charge in [-0.15, -0.1) is 0 Å². The summed E-state index contributed by atoms with van der Waals surface area (Å²) in [5, 5.41) is 9.60. The maximum atomic E-state index is 13.0. The van der Waals surface area contributed by atoms with E-state index in [2.05, 4.69) is 0 Å². The summed E-state index contributed by atoms with van der Waals surface area (Å²) < 4.78 is 18.4. The number of ether oxygens (including phenoxy) is 1. The van der Waals surface area contributed by atoms with Gasteiger partial charge in [-0.25, -0.2) is 9.18 Å². The molecule has 0 bridgehead atoms. The molecule has 0 unspecified atom stereocenters. The van der Waals surface area contributed by atoms with Crippen LogP contribution in [0.15, 0.2) is 36.4 Å². The average molecular weight is 301 g/mol. The molecule has 0 heterocycles. The van der Waals surface area contributed by atoms with E-state index in [9.17, 15) is 9.18 Å². The number of hydrogen-bond donors (Lipinski definition) is 1. The van der Waals surface area contributed by atoms with Crippen molar-refractivity contribution in [2.75, 3.05) is 0 Å². The minimum absolute atomic E-state index is 0.0206. The summed E-state index contributed by atoms with van der Waals surface area (Å²) in [6.45, 7) is 0. The molecule has 2 aromatic carbocycles. The molecule has 6 heteroatoms. The van der Waals surface area contributed by atoms with Crippen LogP contribution in [0.4, 0.5) is 4.39 Å². The van der Waals surface area contributed by atoms with Gasteiger partial charge in [0.05, 0.1) is 10.0 Å². The Morgan fingerprint density at radius 2 is 1.84 bits per heavy atom. The largest absolute Gasteiger partial charge is 0.478 e. The van der Waals surface area contributed by atoms with Crippen LogP contribution in [0, 0.1) is 5.82 Å². The van der Waals surface area contributed by atoms with Crippen LogP contribution in [-0.2, 0) is 0 Å². The molecular formula is C13H7Cl2FO3. The number of benzene rings is 2. The third-order valence-corrected chi connectivity index (χ3v) is 3.03. The fraction of sp³-hybridized carbons (Fsp3) is 0. The van der Waals surface area contributed by atoms with Gasteiger partial charge in [-0.1, -0.05) is 23.2 Å². The van der Waals surface area contributed by atoms with Crippen molar-refractivity contribution in [1.82, 2.24) is 0 Å². The molecule has 0 fully saturated rings. The van der Waals surface area contributed by atoms with Gasteiger partial charge < -0.3 is 9.84 Å². The summed E-state index contributed by atoms with van der Waals surface area (Å²) in [6.07, 6.45) is 0. The molecule has 3 nitrogen and oxygen atoms in total. The van der Waals surface area contributed by atoms with Crippen LogP contribution < -0.4 is 4.74 Å². The van der Waals surface area contributed by atoms with E-state index in [0.29, 0.717) is 10.8 Å². The van der Waals surface area contributed by atoms with Crippen molar-refractivity contribution in [1.29, 1.82) is 0 Å². The normalized spacial score (nSPS) is 10.3. The fourth-order valence-corrected chi connectivity index (χ4v) is 1.71. The van der Waals surface area contributed by atoms with E-state index >= 15 is 0 Å². The number of aromatic carboxylic acids is 1. The van der Waals surface area contributed by atoms with Crippen molar-refractivity contribution < 1.29 is 19.0 Å². The molecule has 0 aromatic heterocycles. The molecule has 19 heavy (non-hydrogen) atoms. The standard InChI is InChI=1S/C13H7Cl2FO3/c14-10-3-2-8(6-11(10)15)19-12-4-1-7(16)5-9(12)13(17)18/h1-6H,(H,17,18). The first kappa shape index (κ1) is 13.6. The quantitative estimate of drug-likeness (QED) is 0.899. The Hall–Kier alpha value is -1.78. The van der Waals surface area contributed by atoms with Gasteiger partial charge in [-0.3, -0.25) is 0 Å².